The highest BCUT2D eigenvalue weighted by molar-refractivity contribution is 5.70. The van der Waals surface area contributed by atoms with Gasteiger partial charge in [-0.3, -0.25) is 9.69 Å². The summed E-state index contributed by atoms with van der Waals surface area (Å²) in [6, 6.07) is 7.81. The lowest BCUT2D eigenvalue weighted by atomic mass is 10.1. The Labute approximate surface area is 128 Å². The minimum absolute atomic E-state index is 0.0744. The van der Waals surface area contributed by atoms with E-state index >= 15 is 0 Å². The molecule has 1 fully saturated rings. The van der Waals surface area contributed by atoms with Crippen molar-refractivity contribution in [1.82, 2.24) is 15.0 Å². The van der Waals surface area contributed by atoms with E-state index in [9.17, 15) is 4.79 Å². The quantitative estimate of drug-likeness (QED) is 0.934. The molecule has 6 nitrogen and oxygen atoms in total. The second-order valence-electron chi connectivity index (χ2n) is 5.77. The van der Waals surface area contributed by atoms with E-state index in [4.69, 9.17) is 9.63 Å². The van der Waals surface area contributed by atoms with Crippen LogP contribution >= 0.6 is 0 Å². The van der Waals surface area contributed by atoms with Crippen molar-refractivity contribution in [2.24, 2.45) is 5.92 Å². The minimum Gasteiger partial charge on any atom is -0.481 e. The fourth-order valence-electron chi connectivity index (χ4n) is 2.83. The number of likely N-dealkylation sites (tertiary alicyclic amines) is 1. The first-order chi connectivity index (χ1) is 10.6. The van der Waals surface area contributed by atoms with Crippen LogP contribution in [-0.4, -0.2) is 39.2 Å². The molecule has 1 aromatic carbocycles. The second kappa shape index (κ2) is 5.88. The van der Waals surface area contributed by atoms with E-state index in [1.807, 2.05) is 38.1 Å². The molecule has 0 spiro atoms. The predicted octanol–water partition coefficient (Wildman–Crippen LogP) is 2.51. The Bertz CT molecular complexity index is 683. The van der Waals surface area contributed by atoms with Crippen molar-refractivity contribution >= 4 is 5.97 Å². The second-order valence-corrected chi connectivity index (χ2v) is 5.77. The highest BCUT2D eigenvalue weighted by Gasteiger charge is 2.33. The van der Waals surface area contributed by atoms with E-state index in [-0.39, 0.29) is 12.0 Å². The molecule has 6 heteroatoms. The molecule has 0 bridgehead atoms. The summed E-state index contributed by atoms with van der Waals surface area (Å²) in [5.74, 6) is 0.0697. The first-order valence-corrected chi connectivity index (χ1v) is 7.42. The Hall–Kier alpha value is -2.21. The summed E-state index contributed by atoms with van der Waals surface area (Å²) >= 11 is 0. The summed E-state index contributed by atoms with van der Waals surface area (Å²) in [4.78, 5) is 17.6. The van der Waals surface area contributed by atoms with Crippen LogP contribution in [0.2, 0.25) is 0 Å². The van der Waals surface area contributed by atoms with Crippen LogP contribution in [-0.2, 0) is 4.79 Å². The van der Waals surface area contributed by atoms with E-state index in [0.29, 0.717) is 24.7 Å². The molecule has 0 radical (unpaired) electrons. The predicted molar refractivity (Wildman–Crippen MR) is 80.2 cm³/mol. The number of hydrogen-bond acceptors (Lipinski definition) is 5. The molecular weight excluding hydrogens is 282 g/mol. The molecule has 2 aromatic rings. The number of nitrogens with zero attached hydrogens (tertiary/aromatic N) is 3. The lowest BCUT2D eigenvalue weighted by Crippen LogP contribution is -2.26. The smallest absolute Gasteiger partial charge is 0.307 e. The Morgan fingerprint density at radius 2 is 2.23 bits per heavy atom. The van der Waals surface area contributed by atoms with Crippen LogP contribution in [0, 0.1) is 12.8 Å². The summed E-state index contributed by atoms with van der Waals surface area (Å²) in [6.45, 7) is 5.24. The Kier molecular flexibility index (Phi) is 3.94. The lowest BCUT2D eigenvalue weighted by molar-refractivity contribution is -0.141. The van der Waals surface area contributed by atoms with Crippen LogP contribution in [0.5, 0.6) is 0 Å². The minimum atomic E-state index is -0.735. The fraction of sp³-hybridized carbons (Fsp3) is 0.438. The van der Waals surface area contributed by atoms with Crippen molar-refractivity contribution < 1.29 is 14.4 Å². The van der Waals surface area contributed by atoms with Gasteiger partial charge in [0, 0.05) is 12.1 Å². The first-order valence-electron chi connectivity index (χ1n) is 7.42. The van der Waals surface area contributed by atoms with Crippen LogP contribution in [0.25, 0.3) is 11.4 Å². The van der Waals surface area contributed by atoms with E-state index in [1.165, 1.54) is 0 Å². The van der Waals surface area contributed by atoms with Crippen molar-refractivity contribution in [2.45, 2.75) is 26.3 Å². The van der Waals surface area contributed by atoms with Gasteiger partial charge >= 0.3 is 5.97 Å². The standard InChI is InChI=1S/C16H19N3O3/c1-10-5-3-4-6-13(10)14-17-15(22-18-14)11(2)19-8-7-12(9-19)16(20)21/h3-6,11-12H,7-9H2,1-2H3,(H,20,21). The van der Waals surface area contributed by atoms with Gasteiger partial charge in [0.2, 0.25) is 11.7 Å². The third kappa shape index (κ3) is 2.74. The number of aliphatic carboxylic acids is 1. The summed E-state index contributed by atoms with van der Waals surface area (Å²) in [6.07, 6.45) is 0.665. The molecule has 1 saturated heterocycles. The molecule has 0 saturated carbocycles. The first kappa shape index (κ1) is 14.7. The van der Waals surface area contributed by atoms with Gasteiger partial charge in [-0.1, -0.05) is 29.4 Å². The van der Waals surface area contributed by atoms with Gasteiger partial charge in [0.25, 0.3) is 0 Å². The lowest BCUT2D eigenvalue weighted by Gasteiger charge is -2.20. The molecule has 22 heavy (non-hydrogen) atoms. The van der Waals surface area contributed by atoms with Gasteiger partial charge in [0.05, 0.1) is 12.0 Å². The third-order valence-corrected chi connectivity index (χ3v) is 4.30. The maximum atomic E-state index is 11.1. The van der Waals surface area contributed by atoms with E-state index < -0.39 is 5.97 Å². The molecule has 2 atom stereocenters. The zero-order valence-corrected chi connectivity index (χ0v) is 12.7. The highest BCUT2D eigenvalue weighted by Crippen LogP contribution is 2.28. The number of hydrogen-bond donors (Lipinski definition) is 1. The van der Waals surface area contributed by atoms with E-state index in [0.717, 1.165) is 17.7 Å². The summed E-state index contributed by atoms with van der Waals surface area (Å²) in [7, 11) is 0. The monoisotopic (exact) mass is 301 g/mol. The third-order valence-electron chi connectivity index (χ3n) is 4.30. The Balaban J connectivity index is 1.77. The van der Waals surface area contributed by atoms with Crippen molar-refractivity contribution in [3.63, 3.8) is 0 Å². The maximum absolute atomic E-state index is 11.1. The maximum Gasteiger partial charge on any atom is 0.307 e. The fourth-order valence-corrected chi connectivity index (χ4v) is 2.83. The van der Waals surface area contributed by atoms with Gasteiger partial charge in [-0.05, 0) is 32.4 Å². The SMILES string of the molecule is Cc1ccccc1-c1noc(C(C)N2CCC(C(=O)O)C2)n1. The molecule has 3 rings (SSSR count). The van der Waals surface area contributed by atoms with Crippen LogP contribution in [0.15, 0.2) is 28.8 Å². The number of carbonyl (C=O) groups is 1. The van der Waals surface area contributed by atoms with Crippen molar-refractivity contribution in [3.05, 3.63) is 35.7 Å². The number of carboxylic acids is 1. The summed E-state index contributed by atoms with van der Waals surface area (Å²) in [5.41, 5.74) is 2.05. The van der Waals surface area contributed by atoms with Gasteiger partial charge < -0.3 is 9.63 Å². The Morgan fingerprint density at radius 1 is 1.45 bits per heavy atom. The van der Waals surface area contributed by atoms with Crippen LogP contribution in [0.3, 0.4) is 0 Å². The largest absolute Gasteiger partial charge is 0.481 e. The van der Waals surface area contributed by atoms with E-state index in [2.05, 4.69) is 15.0 Å². The number of carboxylic acid groups (broad SMARTS) is 1. The number of aromatic nitrogens is 2. The van der Waals surface area contributed by atoms with Crippen LogP contribution < -0.4 is 0 Å². The van der Waals surface area contributed by atoms with Gasteiger partial charge in [-0.25, -0.2) is 0 Å². The molecule has 1 N–H and O–H groups in total. The zero-order chi connectivity index (χ0) is 15.7. The topological polar surface area (TPSA) is 79.5 Å². The average molecular weight is 301 g/mol. The van der Waals surface area contributed by atoms with Crippen molar-refractivity contribution in [1.29, 1.82) is 0 Å². The van der Waals surface area contributed by atoms with Gasteiger partial charge in [0.15, 0.2) is 0 Å². The number of benzene rings is 1. The average Bonchev–Trinajstić information content (AvgIpc) is 3.17. The van der Waals surface area contributed by atoms with Crippen LogP contribution in [0.4, 0.5) is 0 Å². The molecule has 1 aromatic heterocycles. The summed E-state index contributed by atoms with van der Waals surface area (Å²) in [5, 5.41) is 13.2. The highest BCUT2D eigenvalue weighted by atomic mass is 16.5. The Morgan fingerprint density at radius 3 is 2.91 bits per heavy atom. The van der Waals surface area contributed by atoms with Gasteiger partial charge in [-0.15, -0.1) is 0 Å². The molecule has 116 valence electrons. The molecule has 0 amide bonds. The molecule has 1 aliphatic rings. The number of aryl methyl sites for hydroxylation is 1. The number of rotatable bonds is 4. The molecular formula is C16H19N3O3. The summed E-state index contributed by atoms with van der Waals surface area (Å²) < 4.78 is 5.39. The van der Waals surface area contributed by atoms with Gasteiger partial charge in [-0.2, -0.15) is 4.98 Å². The van der Waals surface area contributed by atoms with Crippen molar-refractivity contribution in [2.75, 3.05) is 13.1 Å². The molecule has 1 aliphatic heterocycles. The van der Waals surface area contributed by atoms with E-state index in [1.54, 1.807) is 0 Å². The molecule has 2 unspecified atom stereocenters. The normalized spacial score (nSPS) is 20.2. The molecule has 0 aliphatic carbocycles. The van der Waals surface area contributed by atoms with Crippen LogP contribution in [0.1, 0.15) is 30.8 Å². The zero-order valence-electron chi connectivity index (χ0n) is 12.7. The van der Waals surface area contributed by atoms with Crippen molar-refractivity contribution in [3.8, 4) is 11.4 Å². The molecule has 2 heterocycles. The van der Waals surface area contributed by atoms with Gasteiger partial charge in [0.1, 0.15) is 0 Å².